The van der Waals surface area contributed by atoms with E-state index in [1.165, 1.54) is 11.8 Å². The summed E-state index contributed by atoms with van der Waals surface area (Å²) in [6, 6.07) is 0. The van der Waals surface area contributed by atoms with Gasteiger partial charge in [-0.15, -0.1) is 0 Å². The standard InChI is InChI=1S/C5H13NO2S2/c1-9-3-5-10(7,8)4-2-6/h2-6H2,1H3. The van der Waals surface area contributed by atoms with Crippen LogP contribution < -0.4 is 5.73 Å². The van der Waals surface area contributed by atoms with Crippen molar-refractivity contribution in [3.8, 4) is 0 Å². The molecule has 62 valence electrons. The van der Waals surface area contributed by atoms with Gasteiger partial charge in [0.1, 0.15) is 0 Å². The Morgan fingerprint density at radius 1 is 1.40 bits per heavy atom. The minimum atomic E-state index is -2.84. The normalized spacial score (nSPS) is 11.8. The molecule has 0 spiro atoms. The Kier molecular flexibility index (Phi) is 5.11. The number of hydrogen-bond acceptors (Lipinski definition) is 4. The average Bonchev–Trinajstić information content (AvgIpc) is 1.84. The van der Waals surface area contributed by atoms with Gasteiger partial charge in [0.05, 0.1) is 11.5 Å². The van der Waals surface area contributed by atoms with Gasteiger partial charge < -0.3 is 5.73 Å². The maximum absolute atomic E-state index is 10.9. The first-order valence-corrected chi connectivity index (χ1v) is 6.23. The molecule has 0 radical (unpaired) electrons. The highest BCUT2D eigenvalue weighted by Crippen LogP contribution is 1.96. The van der Waals surface area contributed by atoms with Gasteiger partial charge in [0.2, 0.25) is 0 Å². The lowest BCUT2D eigenvalue weighted by molar-refractivity contribution is 0.597. The summed E-state index contributed by atoms with van der Waals surface area (Å²) < 4.78 is 21.8. The molecule has 0 rings (SSSR count). The molecule has 0 saturated carbocycles. The topological polar surface area (TPSA) is 60.2 Å². The summed E-state index contributed by atoms with van der Waals surface area (Å²) >= 11 is 1.53. The quantitative estimate of drug-likeness (QED) is 0.637. The Labute approximate surface area is 66.3 Å². The van der Waals surface area contributed by atoms with Crippen LogP contribution in [0.3, 0.4) is 0 Å². The van der Waals surface area contributed by atoms with E-state index in [1.807, 2.05) is 6.26 Å². The van der Waals surface area contributed by atoms with Gasteiger partial charge in [-0.25, -0.2) is 8.42 Å². The van der Waals surface area contributed by atoms with Gasteiger partial charge in [0.15, 0.2) is 9.84 Å². The van der Waals surface area contributed by atoms with E-state index in [0.29, 0.717) is 5.75 Å². The lowest BCUT2D eigenvalue weighted by Crippen LogP contribution is -2.19. The highest BCUT2D eigenvalue weighted by molar-refractivity contribution is 8.00. The Bertz CT molecular complexity index is 164. The van der Waals surface area contributed by atoms with Gasteiger partial charge in [-0.3, -0.25) is 0 Å². The average molecular weight is 183 g/mol. The van der Waals surface area contributed by atoms with Crippen LogP contribution >= 0.6 is 11.8 Å². The van der Waals surface area contributed by atoms with E-state index in [9.17, 15) is 8.42 Å². The third-order valence-corrected chi connectivity index (χ3v) is 3.58. The molecule has 0 atom stereocenters. The summed E-state index contributed by atoms with van der Waals surface area (Å²) in [5.74, 6) is 1.04. The maximum atomic E-state index is 10.9. The van der Waals surface area contributed by atoms with Crippen molar-refractivity contribution < 1.29 is 8.42 Å². The van der Waals surface area contributed by atoms with Crippen LogP contribution in [0.15, 0.2) is 0 Å². The Balaban J connectivity index is 3.65. The van der Waals surface area contributed by atoms with Crippen molar-refractivity contribution in [1.29, 1.82) is 0 Å². The van der Waals surface area contributed by atoms with Gasteiger partial charge in [0, 0.05) is 12.3 Å². The van der Waals surface area contributed by atoms with Crippen molar-refractivity contribution in [3.63, 3.8) is 0 Å². The number of hydrogen-bond donors (Lipinski definition) is 1. The molecule has 0 aromatic rings. The molecule has 10 heavy (non-hydrogen) atoms. The van der Waals surface area contributed by atoms with E-state index in [4.69, 9.17) is 5.73 Å². The van der Waals surface area contributed by atoms with Crippen LogP contribution in [0.1, 0.15) is 0 Å². The minimum absolute atomic E-state index is 0.119. The second-order valence-corrected chi connectivity index (χ2v) is 5.22. The van der Waals surface area contributed by atoms with E-state index in [0.717, 1.165) is 0 Å². The molecule has 0 aliphatic rings. The van der Waals surface area contributed by atoms with Crippen LogP contribution in [-0.4, -0.2) is 38.5 Å². The number of thioether (sulfide) groups is 1. The first-order chi connectivity index (χ1) is 4.62. The Morgan fingerprint density at radius 2 is 2.00 bits per heavy atom. The second-order valence-electron chi connectivity index (χ2n) is 1.93. The zero-order valence-electron chi connectivity index (χ0n) is 6.04. The van der Waals surface area contributed by atoms with Crippen molar-refractivity contribution in [2.75, 3.05) is 30.1 Å². The van der Waals surface area contributed by atoms with E-state index >= 15 is 0 Å². The molecule has 0 amide bonds. The van der Waals surface area contributed by atoms with Crippen LogP contribution in [0.4, 0.5) is 0 Å². The third-order valence-electron chi connectivity index (χ3n) is 1.03. The molecular formula is C5H13NO2S2. The fourth-order valence-corrected chi connectivity index (χ4v) is 2.74. The Morgan fingerprint density at radius 3 is 2.40 bits per heavy atom. The molecule has 0 unspecified atom stereocenters. The Hall–Kier alpha value is 0.260. The van der Waals surface area contributed by atoms with Crippen molar-refractivity contribution in [3.05, 3.63) is 0 Å². The number of sulfone groups is 1. The SMILES string of the molecule is CSCCS(=O)(=O)CCN. The van der Waals surface area contributed by atoms with E-state index < -0.39 is 9.84 Å². The predicted octanol–water partition coefficient (Wildman–Crippen LogP) is -0.277. The molecular weight excluding hydrogens is 170 g/mol. The van der Waals surface area contributed by atoms with Crippen LogP contribution in [0.5, 0.6) is 0 Å². The van der Waals surface area contributed by atoms with Crippen molar-refractivity contribution in [1.82, 2.24) is 0 Å². The molecule has 2 N–H and O–H groups in total. The molecule has 0 aromatic heterocycles. The van der Waals surface area contributed by atoms with Gasteiger partial charge in [-0.1, -0.05) is 0 Å². The van der Waals surface area contributed by atoms with E-state index in [1.54, 1.807) is 0 Å². The number of nitrogens with two attached hydrogens (primary N) is 1. The summed E-state index contributed by atoms with van der Waals surface area (Å²) in [7, 11) is -2.84. The number of rotatable bonds is 5. The van der Waals surface area contributed by atoms with Crippen molar-refractivity contribution >= 4 is 21.6 Å². The van der Waals surface area contributed by atoms with Crippen LogP contribution in [0.25, 0.3) is 0 Å². The molecule has 0 aromatic carbocycles. The highest BCUT2D eigenvalue weighted by atomic mass is 32.2. The summed E-state index contributed by atoms with van der Waals surface area (Å²) in [6.45, 7) is 0.233. The van der Waals surface area contributed by atoms with Gasteiger partial charge in [-0.2, -0.15) is 11.8 Å². The summed E-state index contributed by atoms with van der Waals surface area (Å²) in [4.78, 5) is 0. The fourth-order valence-electron chi connectivity index (χ4n) is 0.492. The summed E-state index contributed by atoms with van der Waals surface area (Å²) in [5, 5.41) is 0. The van der Waals surface area contributed by atoms with Crippen LogP contribution in [0, 0.1) is 0 Å². The molecule has 0 heterocycles. The molecule has 0 bridgehead atoms. The van der Waals surface area contributed by atoms with E-state index in [2.05, 4.69) is 0 Å². The monoisotopic (exact) mass is 183 g/mol. The zero-order chi connectivity index (χ0) is 8.04. The lowest BCUT2D eigenvalue weighted by atomic mass is 10.8. The molecule has 0 aliphatic heterocycles. The minimum Gasteiger partial charge on any atom is -0.329 e. The highest BCUT2D eigenvalue weighted by Gasteiger charge is 2.07. The second kappa shape index (κ2) is 4.98. The van der Waals surface area contributed by atoms with Crippen molar-refractivity contribution in [2.24, 2.45) is 5.73 Å². The van der Waals surface area contributed by atoms with Gasteiger partial charge in [0.25, 0.3) is 0 Å². The smallest absolute Gasteiger partial charge is 0.152 e. The summed E-state index contributed by atoms with van der Waals surface area (Å²) in [6.07, 6.45) is 1.89. The van der Waals surface area contributed by atoms with Crippen LogP contribution in [0.2, 0.25) is 0 Å². The first kappa shape index (κ1) is 10.3. The summed E-state index contributed by atoms with van der Waals surface area (Å²) in [5.41, 5.74) is 5.10. The maximum Gasteiger partial charge on any atom is 0.152 e. The molecule has 3 nitrogen and oxygen atoms in total. The third kappa shape index (κ3) is 5.08. The van der Waals surface area contributed by atoms with E-state index in [-0.39, 0.29) is 18.1 Å². The van der Waals surface area contributed by atoms with Gasteiger partial charge in [-0.05, 0) is 6.26 Å². The fraction of sp³-hybridized carbons (Fsp3) is 1.00. The lowest BCUT2D eigenvalue weighted by Gasteiger charge is -1.98. The zero-order valence-corrected chi connectivity index (χ0v) is 7.67. The van der Waals surface area contributed by atoms with Crippen LogP contribution in [-0.2, 0) is 9.84 Å². The van der Waals surface area contributed by atoms with Gasteiger partial charge >= 0.3 is 0 Å². The molecule has 0 saturated heterocycles. The molecule has 5 heteroatoms. The van der Waals surface area contributed by atoms with Crippen molar-refractivity contribution in [2.45, 2.75) is 0 Å². The first-order valence-electron chi connectivity index (χ1n) is 3.02. The largest absolute Gasteiger partial charge is 0.329 e. The molecule has 0 aliphatic carbocycles. The predicted molar refractivity (Wildman–Crippen MR) is 46.1 cm³/mol. The molecule has 0 fully saturated rings.